The number of hydrogen-bond acceptors (Lipinski definition) is 4. The summed E-state index contributed by atoms with van der Waals surface area (Å²) in [5.74, 6) is 1.16. The number of aryl methyl sites for hydroxylation is 2. The quantitative estimate of drug-likeness (QED) is 0.161. The molecule has 5 rings (SSSR count). The highest BCUT2D eigenvalue weighted by Gasteiger charge is 2.22. The fraction of sp³-hybridized carbons (Fsp3) is 0.294. The van der Waals surface area contributed by atoms with Crippen LogP contribution < -0.4 is 16.4 Å². The summed E-state index contributed by atoms with van der Waals surface area (Å²) in [7, 11) is 1.77. The van der Waals surface area contributed by atoms with Crippen molar-refractivity contribution in [1.29, 1.82) is 0 Å². The van der Waals surface area contributed by atoms with Gasteiger partial charge in [-0.1, -0.05) is 43.3 Å². The van der Waals surface area contributed by atoms with E-state index in [0.29, 0.717) is 11.4 Å². The first-order chi connectivity index (χ1) is 19.8. The van der Waals surface area contributed by atoms with E-state index in [1.807, 2.05) is 49.4 Å². The molecule has 2 aromatic heterocycles. The molecule has 1 aliphatic carbocycles. The predicted octanol–water partition coefficient (Wildman–Crippen LogP) is 7.13. The minimum absolute atomic E-state index is 0.0727. The van der Waals surface area contributed by atoms with Crippen molar-refractivity contribution in [2.24, 2.45) is 10.7 Å². The largest absolute Gasteiger partial charge is 0.385 e. The molecule has 0 aliphatic heterocycles. The van der Waals surface area contributed by atoms with Crippen LogP contribution in [-0.4, -0.2) is 28.3 Å². The molecule has 1 unspecified atom stereocenters. The summed E-state index contributed by atoms with van der Waals surface area (Å²) < 4.78 is 17.1. The van der Waals surface area contributed by atoms with E-state index in [1.54, 1.807) is 13.1 Å². The lowest BCUT2D eigenvalue weighted by Crippen LogP contribution is -2.43. The van der Waals surface area contributed by atoms with E-state index in [0.717, 1.165) is 70.1 Å². The molecule has 2 heterocycles. The minimum atomic E-state index is -0.227. The van der Waals surface area contributed by atoms with Crippen molar-refractivity contribution in [1.82, 2.24) is 20.0 Å². The highest BCUT2D eigenvalue weighted by Crippen LogP contribution is 2.36. The van der Waals surface area contributed by atoms with Gasteiger partial charge in [0, 0.05) is 41.3 Å². The summed E-state index contributed by atoms with van der Waals surface area (Å²) in [4.78, 5) is 9.54. The number of rotatable bonds is 8. The highest BCUT2D eigenvalue weighted by molar-refractivity contribution is 5.90. The van der Waals surface area contributed by atoms with Gasteiger partial charge in [0.05, 0.1) is 17.6 Å². The number of aliphatic imine (C=N–C) groups is 1. The molecule has 1 atom stereocenters. The van der Waals surface area contributed by atoms with Gasteiger partial charge in [0.25, 0.3) is 0 Å². The Hall–Kier alpha value is -4.39. The average molecular weight is 551 g/mol. The number of halogens is 1. The number of hydrogen-bond donors (Lipinski definition) is 3. The van der Waals surface area contributed by atoms with Gasteiger partial charge >= 0.3 is 0 Å². The summed E-state index contributed by atoms with van der Waals surface area (Å²) in [6.07, 6.45) is 8.20. The molecule has 6 nitrogen and oxygen atoms in total. The van der Waals surface area contributed by atoms with E-state index in [-0.39, 0.29) is 11.9 Å². The molecule has 41 heavy (non-hydrogen) atoms. The predicted molar refractivity (Wildman–Crippen MR) is 168 cm³/mol. The van der Waals surface area contributed by atoms with Crippen molar-refractivity contribution < 1.29 is 4.39 Å². The second-order valence-electron chi connectivity index (χ2n) is 10.7. The summed E-state index contributed by atoms with van der Waals surface area (Å²) in [6.45, 7) is 8.10. The molecule has 7 heteroatoms. The lowest BCUT2D eigenvalue weighted by atomic mass is 9.88. The van der Waals surface area contributed by atoms with Crippen LogP contribution in [0, 0.1) is 19.7 Å². The standard InChI is InChI=1S/C34H39FN6/c1-6-10-30(36)39-34(37-5)22(3)38-33(24-11-9-12-24)25-17-18-41-23(4)32(40-31(41)20-25)28-14-8-7-13-26(28)27-16-15-21(2)19-29(27)35/h7-8,10,13-20,22,38H,6,9,11-12,36H2,1-5H3,(H,37,39)/b30-10+. The van der Waals surface area contributed by atoms with E-state index in [9.17, 15) is 0 Å². The van der Waals surface area contributed by atoms with Crippen LogP contribution in [0.4, 0.5) is 4.39 Å². The first-order valence-electron chi connectivity index (χ1n) is 14.3. The maximum atomic E-state index is 15.0. The van der Waals surface area contributed by atoms with Gasteiger partial charge in [-0.2, -0.15) is 0 Å². The van der Waals surface area contributed by atoms with Crippen molar-refractivity contribution in [2.45, 2.75) is 59.4 Å². The van der Waals surface area contributed by atoms with Crippen LogP contribution >= 0.6 is 0 Å². The monoisotopic (exact) mass is 550 g/mol. The van der Waals surface area contributed by atoms with Crippen LogP contribution in [0.25, 0.3) is 33.7 Å². The third-order valence-electron chi connectivity index (χ3n) is 7.77. The van der Waals surface area contributed by atoms with Gasteiger partial charge in [-0.15, -0.1) is 0 Å². The van der Waals surface area contributed by atoms with E-state index >= 15 is 4.39 Å². The molecule has 0 bridgehead atoms. The van der Waals surface area contributed by atoms with Crippen LogP contribution in [0.1, 0.15) is 56.4 Å². The van der Waals surface area contributed by atoms with E-state index in [1.165, 1.54) is 12.0 Å². The topological polar surface area (TPSA) is 79.7 Å². The van der Waals surface area contributed by atoms with Crippen molar-refractivity contribution in [3.63, 3.8) is 0 Å². The number of benzene rings is 2. The van der Waals surface area contributed by atoms with Crippen LogP contribution in [0.2, 0.25) is 0 Å². The fourth-order valence-electron chi connectivity index (χ4n) is 5.40. The number of pyridine rings is 1. The first-order valence-corrected chi connectivity index (χ1v) is 14.3. The summed E-state index contributed by atoms with van der Waals surface area (Å²) >= 11 is 0. The Morgan fingerprint density at radius 1 is 1.10 bits per heavy atom. The fourth-order valence-corrected chi connectivity index (χ4v) is 5.40. The highest BCUT2D eigenvalue weighted by atomic mass is 19.1. The van der Waals surface area contributed by atoms with Gasteiger partial charge < -0.3 is 20.8 Å². The number of nitrogens with zero attached hydrogens (tertiary/aromatic N) is 3. The van der Waals surface area contributed by atoms with E-state index in [4.69, 9.17) is 10.7 Å². The van der Waals surface area contributed by atoms with Crippen LogP contribution in [0.3, 0.4) is 0 Å². The zero-order valence-electron chi connectivity index (χ0n) is 24.6. The van der Waals surface area contributed by atoms with Gasteiger partial charge in [0.1, 0.15) is 17.3 Å². The Bertz CT molecular complexity index is 1670. The molecule has 0 saturated heterocycles. The number of aromatic nitrogens is 2. The molecule has 4 N–H and O–H groups in total. The molecular weight excluding hydrogens is 511 g/mol. The smallest absolute Gasteiger partial charge is 0.138 e. The van der Waals surface area contributed by atoms with Crippen LogP contribution in [0.15, 0.2) is 83.3 Å². The molecule has 0 spiro atoms. The summed E-state index contributed by atoms with van der Waals surface area (Å²) in [6, 6.07) is 17.5. The first kappa shape index (κ1) is 28.1. The van der Waals surface area contributed by atoms with Crippen LogP contribution in [-0.2, 0) is 0 Å². The lowest BCUT2D eigenvalue weighted by Gasteiger charge is -2.27. The molecule has 1 aliphatic rings. The minimum Gasteiger partial charge on any atom is -0.385 e. The van der Waals surface area contributed by atoms with Crippen molar-refractivity contribution >= 4 is 17.2 Å². The van der Waals surface area contributed by atoms with Gasteiger partial charge in [-0.3, -0.25) is 4.99 Å². The molecular formula is C34H39FN6. The molecule has 2 aromatic carbocycles. The number of fused-ring (bicyclic) bond motifs is 1. The average Bonchev–Trinajstić information content (AvgIpc) is 3.26. The third kappa shape index (κ3) is 5.75. The number of nitrogens with one attached hydrogen (secondary N) is 2. The second-order valence-corrected chi connectivity index (χ2v) is 10.7. The Morgan fingerprint density at radius 2 is 1.85 bits per heavy atom. The molecule has 1 saturated carbocycles. The second kappa shape index (κ2) is 12.0. The van der Waals surface area contributed by atoms with Crippen molar-refractivity contribution in [3.05, 3.63) is 101 Å². The van der Waals surface area contributed by atoms with Crippen molar-refractivity contribution in [2.75, 3.05) is 7.05 Å². The molecule has 212 valence electrons. The van der Waals surface area contributed by atoms with Gasteiger partial charge in [-0.25, -0.2) is 9.37 Å². The van der Waals surface area contributed by atoms with Crippen molar-refractivity contribution in [3.8, 4) is 22.4 Å². The zero-order chi connectivity index (χ0) is 29.1. The third-order valence-corrected chi connectivity index (χ3v) is 7.77. The van der Waals surface area contributed by atoms with Gasteiger partial charge in [0.2, 0.25) is 0 Å². The lowest BCUT2D eigenvalue weighted by molar-refractivity contribution is 0.630. The number of imidazole rings is 1. The molecule has 4 aromatic rings. The van der Waals surface area contributed by atoms with Crippen LogP contribution in [0.5, 0.6) is 0 Å². The maximum absolute atomic E-state index is 15.0. The molecule has 0 radical (unpaired) electrons. The normalized spacial score (nSPS) is 14.6. The number of allylic oxidation sites excluding steroid dienone is 2. The zero-order valence-corrected chi connectivity index (χ0v) is 24.6. The molecule has 0 amide bonds. The Labute approximate surface area is 241 Å². The number of amidine groups is 1. The van der Waals surface area contributed by atoms with E-state index in [2.05, 4.69) is 59.1 Å². The maximum Gasteiger partial charge on any atom is 0.138 e. The SMILES string of the molecule is CC/C=C(\N)NC(=NC)C(C)NC(=C1CCC1)c1ccn2c(C)c(-c3ccccc3-c3ccc(C)cc3F)nc2c1. The van der Waals surface area contributed by atoms with Gasteiger partial charge in [-0.05, 0) is 87.4 Å². The summed E-state index contributed by atoms with van der Waals surface area (Å²) in [5.41, 5.74) is 15.7. The number of nitrogens with two attached hydrogens (primary N) is 1. The Kier molecular flexibility index (Phi) is 8.24. The summed E-state index contributed by atoms with van der Waals surface area (Å²) in [5, 5.41) is 6.96. The Morgan fingerprint density at radius 3 is 2.51 bits per heavy atom. The molecule has 1 fully saturated rings. The van der Waals surface area contributed by atoms with Gasteiger partial charge in [0.15, 0.2) is 0 Å². The van der Waals surface area contributed by atoms with E-state index < -0.39 is 0 Å². The Balaban J connectivity index is 1.52.